The van der Waals surface area contributed by atoms with E-state index in [9.17, 15) is 4.79 Å². The number of carboxylic acid groups (broad SMARTS) is 1. The molecule has 1 aromatic carbocycles. The third-order valence-corrected chi connectivity index (χ3v) is 3.62. The van der Waals surface area contributed by atoms with Crippen molar-refractivity contribution in [2.75, 3.05) is 6.61 Å². The van der Waals surface area contributed by atoms with E-state index in [2.05, 4.69) is 4.98 Å². The Kier molecular flexibility index (Phi) is 4.76. The molecule has 0 aliphatic heterocycles. The highest BCUT2D eigenvalue weighted by molar-refractivity contribution is 7.09. The van der Waals surface area contributed by atoms with E-state index in [4.69, 9.17) is 21.4 Å². The number of thiazole rings is 1. The van der Waals surface area contributed by atoms with Gasteiger partial charge >= 0.3 is 5.97 Å². The minimum Gasteiger partial charge on any atom is -0.492 e. The monoisotopic (exact) mass is 297 g/mol. The van der Waals surface area contributed by atoms with Crippen molar-refractivity contribution in [3.05, 3.63) is 45.4 Å². The van der Waals surface area contributed by atoms with Gasteiger partial charge in [-0.25, -0.2) is 9.78 Å². The summed E-state index contributed by atoms with van der Waals surface area (Å²) in [6, 6.07) is 7.30. The Hall–Kier alpha value is -1.59. The predicted molar refractivity (Wildman–Crippen MR) is 74.3 cm³/mol. The van der Waals surface area contributed by atoms with Crippen molar-refractivity contribution in [2.24, 2.45) is 0 Å². The van der Waals surface area contributed by atoms with Crippen LogP contribution >= 0.6 is 22.9 Å². The lowest BCUT2D eigenvalue weighted by atomic mass is 10.3. The zero-order chi connectivity index (χ0) is 13.7. The quantitative estimate of drug-likeness (QED) is 0.829. The molecule has 0 amide bonds. The van der Waals surface area contributed by atoms with Crippen molar-refractivity contribution in [3.63, 3.8) is 0 Å². The Labute approximate surface area is 119 Å². The van der Waals surface area contributed by atoms with Crippen LogP contribution in [0.2, 0.25) is 5.02 Å². The second-order valence-corrected chi connectivity index (χ2v) is 5.16. The fourth-order valence-electron chi connectivity index (χ4n) is 1.49. The van der Waals surface area contributed by atoms with Crippen LogP contribution in [-0.4, -0.2) is 22.7 Å². The van der Waals surface area contributed by atoms with Crippen LogP contribution in [0.15, 0.2) is 29.6 Å². The first-order valence-electron chi connectivity index (χ1n) is 5.72. The minimum atomic E-state index is -0.991. The van der Waals surface area contributed by atoms with Crippen LogP contribution < -0.4 is 4.74 Å². The number of hydrogen-bond donors (Lipinski definition) is 1. The van der Waals surface area contributed by atoms with Gasteiger partial charge in [-0.1, -0.05) is 23.7 Å². The molecular formula is C13H12ClNO3S. The number of carboxylic acids is 1. The zero-order valence-electron chi connectivity index (χ0n) is 10.0. The molecule has 0 saturated carbocycles. The zero-order valence-corrected chi connectivity index (χ0v) is 11.6. The molecule has 0 radical (unpaired) electrons. The van der Waals surface area contributed by atoms with E-state index in [1.54, 1.807) is 11.4 Å². The summed E-state index contributed by atoms with van der Waals surface area (Å²) in [5.41, 5.74) is 0.104. The molecule has 0 atom stereocenters. The van der Waals surface area contributed by atoms with Crippen LogP contribution in [0.4, 0.5) is 0 Å². The summed E-state index contributed by atoms with van der Waals surface area (Å²) in [4.78, 5) is 14.7. The van der Waals surface area contributed by atoms with Gasteiger partial charge in [-0.2, -0.15) is 0 Å². The second kappa shape index (κ2) is 6.54. The third-order valence-electron chi connectivity index (χ3n) is 2.40. The van der Waals surface area contributed by atoms with Crippen LogP contribution in [0.3, 0.4) is 0 Å². The smallest absolute Gasteiger partial charge is 0.355 e. The van der Waals surface area contributed by atoms with Crippen molar-refractivity contribution in [1.29, 1.82) is 0 Å². The molecule has 0 unspecified atom stereocenters. The van der Waals surface area contributed by atoms with Crippen LogP contribution in [0.5, 0.6) is 5.75 Å². The number of benzene rings is 1. The molecule has 6 heteroatoms. The predicted octanol–water partition coefficient (Wildman–Crippen LogP) is 3.51. The van der Waals surface area contributed by atoms with E-state index in [1.807, 2.05) is 18.2 Å². The number of carbonyl (C=O) groups is 1. The second-order valence-electron chi connectivity index (χ2n) is 3.81. The van der Waals surface area contributed by atoms with Crippen molar-refractivity contribution >= 4 is 28.9 Å². The van der Waals surface area contributed by atoms with Gasteiger partial charge in [0.2, 0.25) is 0 Å². The highest BCUT2D eigenvalue weighted by Crippen LogP contribution is 2.23. The summed E-state index contributed by atoms with van der Waals surface area (Å²) in [6.45, 7) is 0.520. The van der Waals surface area contributed by atoms with Crippen LogP contribution in [0, 0.1) is 0 Å². The number of aromatic carboxylic acids is 1. The SMILES string of the molecule is O=C(O)c1csc(CCCOc2ccccc2Cl)n1. The Bertz CT molecular complexity index is 571. The van der Waals surface area contributed by atoms with E-state index in [0.29, 0.717) is 23.8 Å². The van der Waals surface area contributed by atoms with E-state index < -0.39 is 5.97 Å². The number of aromatic nitrogens is 1. The van der Waals surface area contributed by atoms with Crippen LogP contribution in [-0.2, 0) is 6.42 Å². The molecule has 19 heavy (non-hydrogen) atoms. The molecule has 1 N–H and O–H groups in total. The Balaban J connectivity index is 1.77. The first kappa shape index (κ1) is 13.8. The van der Waals surface area contributed by atoms with Crippen molar-refractivity contribution in [3.8, 4) is 5.75 Å². The summed E-state index contributed by atoms with van der Waals surface area (Å²) in [7, 11) is 0. The largest absolute Gasteiger partial charge is 0.492 e. The van der Waals surface area contributed by atoms with E-state index in [0.717, 1.165) is 11.4 Å². The molecule has 1 aromatic heterocycles. The maximum absolute atomic E-state index is 10.7. The topological polar surface area (TPSA) is 59.4 Å². The number of para-hydroxylation sites is 1. The first-order chi connectivity index (χ1) is 9.16. The number of ether oxygens (including phenoxy) is 1. The molecule has 4 nitrogen and oxygen atoms in total. The Morgan fingerprint density at radius 3 is 2.89 bits per heavy atom. The van der Waals surface area contributed by atoms with E-state index in [-0.39, 0.29) is 5.69 Å². The number of nitrogens with zero attached hydrogens (tertiary/aromatic N) is 1. The van der Waals surface area contributed by atoms with Crippen molar-refractivity contribution in [1.82, 2.24) is 4.98 Å². The minimum absolute atomic E-state index is 0.104. The summed E-state index contributed by atoms with van der Waals surface area (Å²) in [5, 5.41) is 11.7. The van der Waals surface area contributed by atoms with Gasteiger partial charge in [0.1, 0.15) is 5.75 Å². The molecular weight excluding hydrogens is 286 g/mol. The number of rotatable bonds is 6. The Morgan fingerprint density at radius 2 is 2.21 bits per heavy atom. The van der Waals surface area contributed by atoms with Crippen molar-refractivity contribution in [2.45, 2.75) is 12.8 Å². The molecule has 0 spiro atoms. The lowest BCUT2D eigenvalue weighted by molar-refractivity contribution is 0.0691. The number of halogens is 1. The van der Waals surface area contributed by atoms with Gasteiger partial charge in [0.25, 0.3) is 0 Å². The highest BCUT2D eigenvalue weighted by atomic mass is 35.5. The van der Waals surface area contributed by atoms with E-state index in [1.165, 1.54) is 11.3 Å². The molecule has 2 rings (SSSR count). The fourth-order valence-corrected chi connectivity index (χ4v) is 2.50. The summed E-state index contributed by atoms with van der Waals surface area (Å²) in [5.74, 6) is -0.329. The van der Waals surface area contributed by atoms with Gasteiger partial charge in [-0.15, -0.1) is 11.3 Å². The molecule has 0 saturated heterocycles. The van der Waals surface area contributed by atoms with Gasteiger partial charge < -0.3 is 9.84 Å². The van der Waals surface area contributed by atoms with Crippen LogP contribution in [0.1, 0.15) is 21.9 Å². The van der Waals surface area contributed by atoms with Crippen molar-refractivity contribution < 1.29 is 14.6 Å². The number of hydrogen-bond acceptors (Lipinski definition) is 4. The maximum Gasteiger partial charge on any atom is 0.355 e. The summed E-state index contributed by atoms with van der Waals surface area (Å²) >= 11 is 7.31. The molecule has 0 aliphatic carbocycles. The van der Waals surface area contributed by atoms with Crippen LogP contribution in [0.25, 0.3) is 0 Å². The molecule has 1 heterocycles. The Morgan fingerprint density at radius 1 is 1.42 bits per heavy atom. The molecule has 0 aliphatic rings. The lowest BCUT2D eigenvalue weighted by Crippen LogP contribution is -2.00. The third kappa shape index (κ3) is 3.94. The van der Waals surface area contributed by atoms with Gasteiger partial charge in [0.15, 0.2) is 5.69 Å². The van der Waals surface area contributed by atoms with E-state index >= 15 is 0 Å². The molecule has 0 bridgehead atoms. The highest BCUT2D eigenvalue weighted by Gasteiger charge is 2.08. The fraction of sp³-hybridized carbons (Fsp3) is 0.231. The molecule has 0 fully saturated rings. The molecule has 2 aromatic rings. The van der Waals surface area contributed by atoms with Gasteiger partial charge in [-0.3, -0.25) is 0 Å². The lowest BCUT2D eigenvalue weighted by Gasteiger charge is -2.06. The maximum atomic E-state index is 10.7. The average Bonchev–Trinajstić information content (AvgIpc) is 2.85. The first-order valence-corrected chi connectivity index (χ1v) is 6.97. The average molecular weight is 298 g/mol. The number of aryl methyl sites for hydroxylation is 1. The summed E-state index contributed by atoms with van der Waals surface area (Å²) < 4.78 is 5.54. The van der Waals surface area contributed by atoms with Gasteiger partial charge in [0.05, 0.1) is 16.6 Å². The normalized spacial score (nSPS) is 10.4. The van der Waals surface area contributed by atoms with Gasteiger partial charge in [-0.05, 0) is 18.6 Å². The molecule has 100 valence electrons. The van der Waals surface area contributed by atoms with Gasteiger partial charge in [0, 0.05) is 11.8 Å². The summed E-state index contributed by atoms with van der Waals surface area (Å²) in [6.07, 6.45) is 1.46. The standard InChI is InChI=1S/C13H12ClNO3S/c14-9-4-1-2-5-11(9)18-7-3-6-12-15-10(8-19-12)13(16)17/h1-2,4-5,8H,3,6-7H2,(H,16,17).